The summed E-state index contributed by atoms with van der Waals surface area (Å²) >= 11 is 0. The van der Waals surface area contributed by atoms with E-state index in [1.54, 1.807) is 6.92 Å². The minimum absolute atomic E-state index is 0.0571. The molecule has 11 nitrogen and oxygen atoms in total. The van der Waals surface area contributed by atoms with Crippen LogP contribution in [0, 0.1) is 0 Å². The van der Waals surface area contributed by atoms with Gasteiger partial charge in [-0.05, 0) is 47.4 Å². The Hall–Kier alpha value is -3.64. The van der Waals surface area contributed by atoms with Gasteiger partial charge in [0.15, 0.2) is 0 Å². The lowest BCUT2D eigenvalue weighted by Gasteiger charge is -2.18. The van der Waals surface area contributed by atoms with Gasteiger partial charge in [-0.15, -0.1) is 4.36 Å². The van der Waals surface area contributed by atoms with Crippen molar-refractivity contribution in [3.8, 4) is 0 Å². The SMILES string of the molecule is CCC1=C(C)CN(C(=O)NCC(=O)n2cc(S(N)(=O)=NC(=O)Cc3c(C(C)C)cccc3C(C)C)cn2)C1=O. The topological polar surface area (TPSA) is 157 Å². The normalized spacial score (nSPS) is 15.2. The lowest BCUT2D eigenvalue weighted by Crippen LogP contribution is -2.44. The van der Waals surface area contributed by atoms with Crippen molar-refractivity contribution in [1.29, 1.82) is 0 Å². The predicted octanol–water partition coefficient (Wildman–Crippen LogP) is 3.52. The number of carbonyl (C=O) groups is 4. The van der Waals surface area contributed by atoms with Gasteiger partial charge in [0.25, 0.3) is 17.7 Å². The van der Waals surface area contributed by atoms with Crippen LogP contribution in [0.4, 0.5) is 4.79 Å². The summed E-state index contributed by atoms with van der Waals surface area (Å²) in [5.41, 5.74) is 4.27. The van der Waals surface area contributed by atoms with Gasteiger partial charge >= 0.3 is 6.03 Å². The van der Waals surface area contributed by atoms with E-state index >= 15 is 0 Å². The van der Waals surface area contributed by atoms with Crippen molar-refractivity contribution in [3.63, 3.8) is 0 Å². The maximum atomic E-state index is 13.1. The molecule has 0 saturated heterocycles. The largest absolute Gasteiger partial charge is 0.328 e. The van der Waals surface area contributed by atoms with E-state index in [0.29, 0.717) is 12.0 Å². The average molecular weight is 557 g/mol. The van der Waals surface area contributed by atoms with Gasteiger partial charge < -0.3 is 5.32 Å². The molecule has 0 spiro atoms. The molecule has 3 N–H and O–H groups in total. The van der Waals surface area contributed by atoms with Gasteiger partial charge in [0, 0.05) is 5.57 Å². The molecular weight excluding hydrogens is 520 g/mol. The van der Waals surface area contributed by atoms with Gasteiger partial charge in [-0.1, -0.05) is 52.8 Å². The number of amides is 4. The number of carbonyl (C=O) groups excluding carboxylic acids is 4. The number of urea groups is 1. The van der Waals surface area contributed by atoms with Gasteiger partial charge in [0.2, 0.25) is 0 Å². The quantitative estimate of drug-likeness (QED) is 0.506. The fourth-order valence-electron chi connectivity index (χ4n) is 4.58. The number of rotatable bonds is 8. The van der Waals surface area contributed by atoms with Gasteiger partial charge in [-0.25, -0.2) is 18.8 Å². The Labute approximate surface area is 229 Å². The van der Waals surface area contributed by atoms with Gasteiger partial charge in [0.1, 0.15) is 21.4 Å². The van der Waals surface area contributed by atoms with Crippen LogP contribution in [0.3, 0.4) is 0 Å². The van der Waals surface area contributed by atoms with E-state index < -0.39 is 34.3 Å². The number of benzene rings is 1. The minimum Gasteiger partial charge on any atom is -0.328 e. The fraction of sp³-hybridized carbons (Fsp3) is 0.444. The summed E-state index contributed by atoms with van der Waals surface area (Å²) < 4.78 is 17.8. The summed E-state index contributed by atoms with van der Waals surface area (Å²) in [5, 5.41) is 12.2. The molecule has 0 saturated carbocycles. The van der Waals surface area contributed by atoms with Crippen molar-refractivity contribution in [3.05, 3.63) is 58.4 Å². The molecule has 3 rings (SSSR count). The molecule has 2 heterocycles. The Kier molecular flexibility index (Phi) is 9.23. The maximum Gasteiger partial charge on any atom is 0.325 e. The Bertz CT molecular complexity index is 1440. The van der Waals surface area contributed by atoms with E-state index in [1.807, 2.05) is 52.8 Å². The van der Waals surface area contributed by atoms with E-state index in [9.17, 15) is 23.4 Å². The first-order valence-corrected chi connectivity index (χ1v) is 14.4. The molecule has 1 unspecified atom stereocenters. The van der Waals surface area contributed by atoms with Crippen LogP contribution in [0.1, 0.15) is 81.3 Å². The molecular formula is C27H36N6O5S. The van der Waals surface area contributed by atoms with E-state index in [2.05, 4.69) is 14.8 Å². The van der Waals surface area contributed by atoms with Gasteiger partial charge in [-0.3, -0.25) is 19.3 Å². The monoisotopic (exact) mass is 556 g/mol. The number of nitrogens with one attached hydrogen (secondary N) is 1. The molecule has 0 aliphatic carbocycles. The zero-order chi connectivity index (χ0) is 29.1. The highest BCUT2D eigenvalue weighted by molar-refractivity contribution is 7.91. The van der Waals surface area contributed by atoms with Crippen molar-refractivity contribution in [2.45, 2.75) is 71.1 Å². The van der Waals surface area contributed by atoms with Crippen LogP contribution in [-0.2, 0) is 25.9 Å². The average Bonchev–Trinajstić information content (AvgIpc) is 3.47. The van der Waals surface area contributed by atoms with Gasteiger partial charge in [-0.2, -0.15) is 5.10 Å². The number of nitrogens with zero attached hydrogens (tertiary/aromatic N) is 4. The molecule has 1 aliphatic rings. The van der Waals surface area contributed by atoms with Crippen LogP contribution < -0.4 is 10.5 Å². The number of imide groups is 1. The van der Waals surface area contributed by atoms with Crippen molar-refractivity contribution < 1.29 is 23.4 Å². The molecule has 0 fully saturated rings. The molecule has 12 heteroatoms. The summed E-state index contributed by atoms with van der Waals surface area (Å²) in [6.45, 7) is 11.5. The predicted molar refractivity (Wildman–Crippen MR) is 147 cm³/mol. The highest BCUT2D eigenvalue weighted by atomic mass is 32.2. The summed E-state index contributed by atoms with van der Waals surface area (Å²) in [4.78, 5) is 51.2. The van der Waals surface area contributed by atoms with Crippen LogP contribution in [0.25, 0.3) is 0 Å². The van der Waals surface area contributed by atoms with E-state index in [0.717, 1.165) is 44.2 Å². The molecule has 2 aromatic rings. The molecule has 1 atom stereocenters. The Morgan fingerprint density at radius 3 is 2.31 bits per heavy atom. The first-order chi connectivity index (χ1) is 18.3. The second-order valence-electron chi connectivity index (χ2n) is 10.1. The zero-order valence-corrected chi connectivity index (χ0v) is 24.0. The zero-order valence-electron chi connectivity index (χ0n) is 23.2. The minimum atomic E-state index is -3.68. The third kappa shape index (κ3) is 6.69. The van der Waals surface area contributed by atoms with Crippen molar-refractivity contribution in [2.75, 3.05) is 13.1 Å². The smallest absolute Gasteiger partial charge is 0.325 e. The summed E-state index contributed by atoms with van der Waals surface area (Å²) in [7, 11) is -3.68. The third-order valence-electron chi connectivity index (χ3n) is 6.61. The second-order valence-corrected chi connectivity index (χ2v) is 11.9. The Balaban J connectivity index is 1.71. The molecule has 0 bridgehead atoms. The van der Waals surface area contributed by atoms with Crippen molar-refractivity contribution >= 4 is 33.7 Å². The summed E-state index contributed by atoms with van der Waals surface area (Å²) in [5.74, 6) is -1.33. The van der Waals surface area contributed by atoms with E-state index in [1.165, 1.54) is 0 Å². The molecule has 4 amide bonds. The molecule has 39 heavy (non-hydrogen) atoms. The third-order valence-corrected chi connectivity index (χ3v) is 7.97. The number of nitrogens with two attached hydrogens (primary N) is 1. The molecule has 1 aromatic carbocycles. The molecule has 0 radical (unpaired) electrons. The summed E-state index contributed by atoms with van der Waals surface area (Å²) in [6.07, 6.45) is 2.68. The number of aromatic nitrogens is 2. The number of hydrogen-bond acceptors (Lipinski definition) is 6. The van der Waals surface area contributed by atoms with Gasteiger partial charge in [0.05, 0.1) is 25.4 Å². The van der Waals surface area contributed by atoms with Crippen molar-refractivity contribution in [1.82, 2.24) is 20.0 Å². The second kappa shape index (κ2) is 12.0. The standard InChI is InChI=1S/C27H36N6O5S/c1-7-20-18(6)14-32(26(20)36)27(37)29-13-25(35)33-15-19(12-30-33)39(28,38)31-24(34)11-23-21(16(2)3)9-8-10-22(23)17(4)5/h8-10,12,15-17H,7,11,13-14H2,1-6H3,(H,29,37)(H2,28,31,34,38). The number of hydrogen-bond donors (Lipinski definition) is 2. The Morgan fingerprint density at radius 2 is 1.77 bits per heavy atom. The lowest BCUT2D eigenvalue weighted by atomic mass is 9.87. The molecule has 210 valence electrons. The van der Waals surface area contributed by atoms with Crippen LogP contribution in [0.15, 0.2) is 51.0 Å². The summed E-state index contributed by atoms with van der Waals surface area (Å²) in [6, 6.07) is 5.19. The Morgan fingerprint density at radius 1 is 1.15 bits per heavy atom. The van der Waals surface area contributed by atoms with Crippen LogP contribution in [-0.4, -0.2) is 55.7 Å². The maximum absolute atomic E-state index is 13.1. The molecule has 1 aromatic heterocycles. The highest BCUT2D eigenvalue weighted by Crippen LogP contribution is 2.28. The van der Waals surface area contributed by atoms with Crippen LogP contribution in [0.5, 0.6) is 0 Å². The highest BCUT2D eigenvalue weighted by Gasteiger charge is 2.31. The van der Waals surface area contributed by atoms with Crippen LogP contribution >= 0.6 is 0 Å². The molecule has 1 aliphatic heterocycles. The first kappa shape index (κ1) is 29.9. The van der Waals surface area contributed by atoms with Crippen molar-refractivity contribution in [2.24, 2.45) is 9.50 Å². The van der Waals surface area contributed by atoms with E-state index in [-0.39, 0.29) is 35.6 Å². The van der Waals surface area contributed by atoms with Crippen LogP contribution in [0.2, 0.25) is 0 Å². The first-order valence-electron chi connectivity index (χ1n) is 12.8. The fourth-order valence-corrected chi connectivity index (χ4v) is 5.51. The van der Waals surface area contributed by atoms with E-state index in [4.69, 9.17) is 5.14 Å². The lowest BCUT2D eigenvalue weighted by molar-refractivity contribution is -0.123.